The van der Waals surface area contributed by atoms with Crippen LogP contribution in [0.15, 0.2) is 47.6 Å². The monoisotopic (exact) mass is 522 g/mol. The van der Waals surface area contributed by atoms with E-state index in [-0.39, 0.29) is 22.3 Å². The van der Waals surface area contributed by atoms with E-state index in [0.717, 1.165) is 37.8 Å². The number of carbonyl (C=O) groups excluding carboxylic acids is 1. The Morgan fingerprint density at radius 1 is 1.20 bits per heavy atom. The molecule has 1 fully saturated rings. The summed E-state index contributed by atoms with van der Waals surface area (Å²) in [5.74, 6) is -0.586. The van der Waals surface area contributed by atoms with E-state index in [0.29, 0.717) is 24.1 Å². The molecule has 0 saturated heterocycles. The maximum atomic E-state index is 14.6. The predicted molar refractivity (Wildman–Crippen MR) is 125 cm³/mol. The molecule has 0 unspecified atom stereocenters. The first-order valence-electron chi connectivity index (χ1n) is 11.0. The lowest BCUT2D eigenvalue weighted by atomic mass is 10.1. The van der Waals surface area contributed by atoms with Crippen LogP contribution in [0, 0.1) is 11.7 Å². The summed E-state index contributed by atoms with van der Waals surface area (Å²) in [4.78, 5) is 16.4. The van der Waals surface area contributed by atoms with E-state index in [1.54, 1.807) is 11.7 Å². The molecule has 1 aromatic heterocycles. The Morgan fingerprint density at radius 3 is 2.57 bits per heavy atom. The van der Waals surface area contributed by atoms with Gasteiger partial charge in [0.1, 0.15) is 30.3 Å². The Balaban J connectivity index is 1.39. The maximum Gasteiger partial charge on any atom is 0.268 e. The fourth-order valence-electron chi connectivity index (χ4n) is 3.75. The van der Waals surface area contributed by atoms with Crippen molar-refractivity contribution in [2.24, 2.45) is 13.0 Å². The molecule has 1 aliphatic rings. The summed E-state index contributed by atoms with van der Waals surface area (Å²) in [6.07, 6.45) is 5.77. The van der Waals surface area contributed by atoms with Gasteiger partial charge in [0.05, 0.1) is 22.1 Å². The number of hydrogen-bond acceptors (Lipinski definition) is 7. The molecule has 2 aromatic carbocycles. The van der Waals surface area contributed by atoms with Gasteiger partial charge in [-0.2, -0.15) is 5.10 Å². The van der Waals surface area contributed by atoms with Crippen molar-refractivity contribution >= 4 is 27.5 Å². The van der Waals surface area contributed by atoms with Crippen molar-refractivity contribution in [2.75, 3.05) is 6.61 Å². The van der Waals surface area contributed by atoms with Gasteiger partial charge < -0.3 is 9.47 Å². The summed E-state index contributed by atoms with van der Waals surface area (Å²) < 4.78 is 54.5. The predicted octanol–water partition coefficient (Wildman–Crippen LogP) is 3.87. The molecule has 3 aromatic rings. The van der Waals surface area contributed by atoms with Crippen molar-refractivity contribution in [3.8, 4) is 11.5 Å². The van der Waals surface area contributed by atoms with Gasteiger partial charge >= 0.3 is 0 Å². The van der Waals surface area contributed by atoms with Gasteiger partial charge in [0, 0.05) is 13.1 Å². The average Bonchev–Trinajstić information content (AvgIpc) is 3.49. The van der Waals surface area contributed by atoms with Crippen molar-refractivity contribution < 1.29 is 27.1 Å². The minimum absolute atomic E-state index is 0.0244. The highest BCUT2D eigenvalue weighted by Crippen LogP contribution is 2.31. The number of ether oxygens (including phenoxy) is 2. The van der Waals surface area contributed by atoms with E-state index in [9.17, 15) is 17.6 Å². The summed E-state index contributed by atoms with van der Waals surface area (Å²) in [5.41, 5.74) is -0.504. The van der Waals surface area contributed by atoms with Crippen LogP contribution in [0.5, 0.6) is 11.5 Å². The van der Waals surface area contributed by atoms with Crippen molar-refractivity contribution in [3.05, 3.63) is 65.0 Å². The quantitative estimate of drug-likeness (QED) is 0.454. The highest BCUT2D eigenvalue weighted by atomic mass is 35.5. The second-order valence-corrected chi connectivity index (χ2v) is 10.3. The van der Waals surface area contributed by atoms with E-state index < -0.39 is 27.3 Å². The lowest BCUT2D eigenvalue weighted by Crippen LogP contribution is -2.31. The van der Waals surface area contributed by atoms with Crippen LogP contribution in [-0.2, 0) is 23.7 Å². The molecule has 0 bridgehead atoms. The van der Waals surface area contributed by atoms with Crippen LogP contribution in [0.1, 0.15) is 41.9 Å². The molecule has 12 heteroatoms. The van der Waals surface area contributed by atoms with Gasteiger partial charge in [0.15, 0.2) is 5.82 Å². The Bertz CT molecular complexity index is 1310. The molecule has 35 heavy (non-hydrogen) atoms. The summed E-state index contributed by atoms with van der Waals surface area (Å²) in [6, 6.07) is 7.47. The first-order chi connectivity index (χ1) is 16.7. The summed E-state index contributed by atoms with van der Waals surface area (Å²) in [7, 11) is -2.55. The fraction of sp³-hybridized carbons (Fsp3) is 0.348. The molecule has 0 aliphatic heterocycles. The highest BCUT2D eigenvalue weighted by molar-refractivity contribution is 7.90. The number of carbonyl (C=O) groups is 1. The van der Waals surface area contributed by atoms with E-state index in [2.05, 4.69) is 10.1 Å². The molecule has 1 aliphatic carbocycles. The van der Waals surface area contributed by atoms with Gasteiger partial charge in [0.2, 0.25) is 0 Å². The van der Waals surface area contributed by atoms with Crippen LogP contribution in [0.25, 0.3) is 0 Å². The van der Waals surface area contributed by atoms with Gasteiger partial charge in [-0.05, 0) is 49.1 Å². The smallest absolute Gasteiger partial charge is 0.268 e. The molecule has 0 radical (unpaired) electrons. The van der Waals surface area contributed by atoms with Crippen LogP contribution < -0.4 is 14.2 Å². The molecule has 1 N–H and O–H groups in total. The van der Waals surface area contributed by atoms with Crippen LogP contribution in [0.2, 0.25) is 5.02 Å². The van der Waals surface area contributed by atoms with Crippen LogP contribution in [-0.4, -0.2) is 35.7 Å². The molecule has 4 rings (SSSR count). The number of sulfonamides is 1. The molecular weight excluding hydrogens is 499 g/mol. The van der Waals surface area contributed by atoms with E-state index >= 15 is 0 Å². The lowest BCUT2D eigenvalue weighted by molar-refractivity contribution is 0.0977. The van der Waals surface area contributed by atoms with E-state index in [4.69, 9.17) is 21.1 Å². The fourth-order valence-corrected chi connectivity index (χ4v) is 4.93. The summed E-state index contributed by atoms with van der Waals surface area (Å²) >= 11 is 6.17. The molecule has 186 valence electrons. The average molecular weight is 523 g/mol. The zero-order chi connectivity index (χ0) is 25.0. The SMILES string of the molecule is Cn1ncnc1COc1ccc(S(=O)(=O)NC(=O)c2cc(Cl)c(OCC3CCCC3)cc2F)cc1. The number of nitrogens with one attached hydrogen (secondary N) is 1. The number of aromatic nitrogens is 3. The molecule has 1 heterocycles. The highest BCUT2D eigenvalue weighted by Gasteiger charge is 2.23. The van der Waals surface area contributed by atoms with Crippen LogP contribution in [0.3, 0.4) is 0 Å². The van der Waals surface area contributed by atoms with Crippen LogP contribution in [0.4, 0.5) is 4.39 Å². The zero-order valence-corrected chi connectivity index (χ0v) is 20.5. The minimum Gasteiger partial charge on any atom is -0.492 e. The molecule has 1 saturated carbocycles. The Kier molecular flexibility index (Phi) is 7.56. The summed E-state index contributed by atoms with van der Waals surface area (Å²) in [6.45, 7) is 0.553. The van der Waals surface area contributed by atoms with Gasteiger partial charge in [0.25, 0.3) is 15.9 Å². The number of hydrogen-bond donors (Lipinski definition) is 1. The van der Waals surface area contributed by atoms with Gasteiger partial charge in [-0.3, -0.25) is 9.48 Å². The maximum absolute atomic E-state index is 14.6. The van der Waals surface area contributed by atoms with Gasteiger partial charge in [-0.1, -0.05) is 24.4 Å². The van der Waals surface area contributed by atoms with E-state index in [1.807, 2.05) is 4.72 Å². The zero-order valence-electron chi connectivity index (χ0n) is 18.9. The number of aryl methyl sites for hydroxylation is 1. The topological polar surface area (TPSA) is 112 Å². The van der Waals surface area contributed by atoms with Crippen molar-refractivity contribution in [3.63, 3.8) is 0 Å². The van der Waals surface area contributed by atoms with Gasteiger partial charge in [-0.25, -0.2) is 22.5 Å². The molecule has 9 nitrogen and oxygen atoms in total. The molecule has 0 atom stereocenters. The normalized spacial score (nSPS) is 14.1. The largest absolute Gasteiger partial charge is 0.492 e. The number of nitrogens with zero attached hydrogens (tertiary/aromatic N) is 3. The van der Waals surface area contributed by atoms with Crippen molar-refractivity contribution in [2.45, 2.75) is 37.2 Å². The number of halogens is 2. The third-order valence-electron chi connectivity index (χ3n) is 5.75. The molecule has 0 spiro atoms. The second kappa shape index (κ2) is 10.6. The number of rotatable bonds is 9. The molecular formula is C23H24ClFN4O5S. The lowest BCUT2D eigenvalue weighted by Gasteiger charge is -2.14. The standard InChI is InChI=1S/C23H24ClFN4O5S/c1-29-22(26-14-27-29)13-33-16-6-8-17(9-7-16)35(31,32)28-23(30)18-10-19(24)21(11-20(18)25)34-12-15-4-2-3-5-15/h6-11,14-15H,2-5,12-13H2,1H3,(H,28,30). The summed E-state index contributed by atoms with van der Waals surface area (Å²) in [5, 5.41) is 3.96. The van der Waals surface area contributed by atoms with Crippen molar-refractivity contribution in [1.82, 2.24) is 19.5 Å². The Hall–Kier alpha value is -3.18. The van der Waals surface area contributed by atoms with Crippen LogP contribution >= 0.6 is 11.6 Å². The second-order valence-electron chi connectivity index (χ2n) is 8.22. The van der Waals surface area contributed by atoms with E-state index in [1.165, 1.54) is 30.6 Å². The van der Waals surface area contributed by atoms with Crippen molar-refractivity contribution in [1.29, 1.82) is 0 Å². The first kappa shape index (κ1) is 24.9. The minimum atomic E-state index is -4.27. The van der Waals surface area contributed by atoms with Gasteiger partial charge in [-0.15, -0.1) is 0 Å². The number of benzene rings is 2. The third-order valence-corrected chi connectivity index (χ3v) is 7.39. The Morgan fingerprint density at radius 2 is 1.91 bits per heavy atom. The Labute approximate surface area is 207 Å². The number of amides is 1. The first-order valence-corrected chi connectivity index (χ1v) is 12.8. The molecule has 1 amide bonds. The third kappa shape index (κ3) is 6.09.